The molecule has 29 heavy (non-hydrogen) atoms. The molecule has 0 spiro atoms. The second-order valence-electron chi connectivity index (χ2n) is 7.08. The number of pyridine rings is 2. The lowest BCUT2D eigenvalue weighted by Gasteiger charge is -2.32. The minimum absolute atomic E-state index is 0.00518. The lowest BCUT2D eigenvalue weighted by molar-refractivity contribution is -0.00790. The summed E-state index contributed by atoms with van der Waals surface area (Å²) in [6.07, 6.45) is 8.64. The first-order valence-electron chi connectivity index (χ1n) is 9.75. The van der Waals surface area contributed by atoms with E-state index >= 15 is 0 Å². The third kappa shape index (κ3) is 4.63. The van der Waals surface area contributed by atoms with Crippen LogP contribution in [-0.4, -0.2) is 49.9 Å². The fraction of sp³-hybridized carbons (Fsp3) is 0.318. The Labute approximate surface area is 169 Å². The van der Waals surface area contributed by atoms with Gasteiger partial charge < -0.3 is 9.64 Å². The molecule has 0 aromatic carbocycles. The minimum Gasteiger partial charge on any atom is -0.370 e. The van der Waals surface area contributed by atoms with Gasteiger partial charge in [-0.2, -0.15) is 0 Å². The van der Waals surface area contributed by atoms with Gasteiger partial charge in [-0.25, -0.2) is 9.97 Å². The average Bonchev–Trinajstić information content (AvgIpc) is 2.79. The van der Waals surface area contributed by atoms with Crippen molar-refractivity contribution >= 4 is 5.91 Å². The third-order valence-corrected chi connectivity index (χ3v) is 4.99. The molecular formula is C22H23N5O2. The van der Waals surface area contributed by atoms with E-state index in [9.17, 15) is 4.79 Å². The molecule has 4 rings (SSSR count). The Kier molecular flexibility index (Phi) is 5.86. The van der Waals surface area contributed by atoms with Gasteiger partial charge in [0.05, 0.1) is 29.7 Å². The van der Waals surface area contributed by atoms with Gasteiger partial charge in [-0.3, -0.25) is 14.8 Å². The first-order valence-corrected chi connectivity index (χ1v) is 9.75. The van der Waals surface area contributed by atoms with Crippen molar-refractivity contribution in [2.45, 2.75) is 32.5 Å². The normalized spacial score (nSPS) is 16.6. The Hall–Kier alpha value is -3.19. The highest BCUT2D eigenvalue weighted by Crippen LogP contribution is 2.20. The first kappa shape index (κ1) is 19.1. The highest BCUT2D eigenvalue weighted by atomic mass is 16.5. The zero-order valence-corrected chi connectivity index (χ0v) is 16.4. The van der Waals surface area contributed by atoms with Gasteiger partial charge in [-0.15, -0.1) is 0 Å². The topological polar surface area (TPSA) is 81.1 Å². The maximum Gasteiger partial charge on any atom is 0.257 e. The molecule has 1 saturated heterocycles. The van der Waals surface area contributed by atoms with Crippen LogP contribution < -0.4 is 0 Å². The van der Waals surface area contributed by atoms with Gasteiger partial charge >= 0.3 is 0 Å². The van der Waals surface area contributed by atoms with Crippen LogP contribution in [0.4, 0.5) is 0 Å². The second kappa shape index (κ2) is 8.87. The van der Waals surface area contributed by atoms with Crippen LogP contribution in [0.25, 0.3) is 11.4 Å². The van der Waals surface area contributed by atoms with Gasteiger partial charge in [-0.05, 0) is 44.0 Å². The number of hydrogen-bond acceptors (Lipinski definition) is 6. The summed E-state index contributed by atoms with van der Waals surface area (Å²) in [6, 6.07) is 9.51. The summed E-state index contributed by atoms with van der Waals surface area (Å²) in [4.78, 5) is 32.2. The SMILES string of the molecule is Cc1nc(-c2cccnc2)ncc1C(=O)N1CCCC(OCc2ccccn2)C1. The van der Waals surface area contributed by atoms with Crippen molar-refractivity contribution in [3.8, 4) is 11.4 Å². The standard InChI is InChI=1S/C22H23N5O2/c1-16-20(13-25-21(26-16)17-6-4-9-23-12-17)22(28)27-11-5-8-19(14-27)29-15-18-7-2-3-10-24-18/h2-4,6-7,9-10,12-13,19H,5,8,11,14-15H2,1H3. The predicted octanol–water partition coefficient (Wildman–Crippen LogP) is 3.06. The van der Waals surface area contributed by atoms with Crippen molar-refractivity contribution in [1.29, 1.82) is 0 Å². The van der Waals surface area contributed by atoms with E-state index in [1.807, 2.05) is 42.2 Å². The van der Waals surface area contributed by atoms with Crippen molar-refractivity contribution in [3.05, 3.63) is 72.1 Å². The lowest BCUT2D eigenvalue weighted by atomic mass is 10.1. The summed E-state index contributed by atoms with van der Waals surface area (Å²) in [7, 11) is 0. The number of amides is 1. The Morgan fingerprint density at radius 3 is 2.86 bits per heavy atom. The smallest absolute Gasteiger partial charge is 0.257 e. The molecule has 1 atom stereocenters. The first-order chi connectivity index (χ1) is 14.2. The number of rotatable bonds is 5. The number of nitrogens with zero attached hydrogens (tertiary/aromatic N) is 5. The molecule has 4 heterocycles. The molecule has 0 radical (unpaired) electrons. The Morgan fingerprint density at radius 2 is 2.10 bits per heavy atom. The van der Waals surface area contributed by atoms with Crippen molar-refractivity contribution in [2.24, 2.45) is 0 Å². The van der Waals surface area contributed by atoms with E-state index < -0.39 is 0 Å². The molecule has 0 saturated carbocycles. The van der Waals surface area contributed by atoms with Crippen LogP contribution in [0, 0.1) is 6.92 Å². The number of carbonyl (C=O) groups is 1. The monoisotopic (exact) mass is 389 g/mol. The van der Waals surface area contributed by atoms with Gasteiger partial charge in [0.2, 0.25) is 0 Å². The van der Waals surface area contributed by atoms with Crippen LogP contribution in [-0.2, 0) is 11.3 Å². The summed E-state index contributed by atoms with van der Waals surface area (Å²) in [5.41, 5.74) is 2.92. The van der Waals surface area contributed by atoms with Gasteiger partial charge in [0.15, 0.2) is 5.82 Å². The summed E-state index contributed by atoms with van der Waals surface area (Å²) < 4.78 is 6.00. The number of likely N-dealkylation sites (tertiary alicyclic amines) is 1. The second-order valence-corrected chi connectivity index (χ2v) is 7.08. The number of piperidine rings is 1. The molecule has 1 amide bonds. The molecule has 7 heteroatoms. The summed E-state index contributed by atoms with van der Waals surface area (Å²) >= 11 is 0. The van der Waals surface area contributed by atoms with Gasteiger partial charge in [0, 0.05) is 43.4 Å². The van der Waals surface area contributed by atoms with E-state index in [4.69, 9.17) is 4.74 Å². The number of ether oxygens (including phenoxy) is 1. The Bertz CT molecular complexity index is 965. The van der Waals surface area contributed by atoms with Crippen LogP contribution in [0.15, 0.2) is 55.1 Å². The van der Waals surface area contributed by atoms with Gasteiger partial charge in [0.25, 0.3) is 5.91 Å². The van der Waals surface area contributed by atoms with Crippen LogP contribution in [0.2, 0.25) is 0 Å². The van der Waals surface area contributed by atoms with E-state index in [1.165, 1.54) is 0 Å². The molecule has 148 valence electrons. The number of carbonyl (C=O) groups excluding carboxylic acids is 1. The van der Waals surface area contributed by atoms with Crippen molar-refractivity contribution in [3.63, 3.8) is 0 Å². The van der Waals surface area contributed by atoms with Crippen molar-refractivity contribution < 1.29 is 9.53 Å². The molecule has 7 nitrogen and oxygen atoms in total. The summed E-state index contributed by atoms with van der Waals surface area (Å²) in [5, 5.41) is 0. The molecule has 1 aliphatic heterocycles. The van der Waals surface area contributed by atoms with E-state index in [1.54, 1.807) is 24.8 Å². The quantitative estimate of drug-likeness (QED) is 0.667. The summed E-state index contributed by atoms with van der Waals surface area (Å²) in [5.74, 6) is 0.522. The molecular weight excluding hydrogens is 366 g/mol. The molecule has 3 aromatic heterocycles. The molecule has 0 aliphatic carbocycles. The predicted molar refractivity (Wildman–Crippen MR) is 108 cm³/mol. The molecule has 1 unspecified atom stereocenters. The van der Waals surface area contributed by atoms with Crippen LogP contribution in [0.5, 0.6) is 0 Å². The number of hydrogen-bond donors (Lipinski definition) is 0. The fourth-order valence-corrected chi connectivity index (χ4v) is 3.43. The van der Waals surface area contributed by atoms with Crippen molar-refractivity contribution in [1.82, 2.24) is 24.8 Å². The Morgan fingerprint density at radius 1 is 1.17 bits per heavy atom. The zero-order valence-electron chi connectivity index (χ0n) is 16.4. The van der Waals surface area contributed by atoms with Gasteiger partial charge in [0.1, 0.15) is 0 Å². The van der Waals surface area contributed by atoms with Gasteiger partial charge in [-0.1, -0.05) is 6.07 Å². The largest absolute Gasteiger partial charge is 0.370 e. The van der Waals surface area contributed by atoms with E-state index in [2.05, 4.69) is 19.9 Å². The molecule has 1 fully saturated rings. The average molecular weight is 389 g/mol. The fourth-order valence-electron chi connectivity index (χ4n) is 3.43. The van der Waals surface area contributed by atoms with E-state index in [0.29, 0.717) is 36.8 Å². The highest BCUT2D eigenvalue weighted by Gasteiger charge is 2.26. The highest BCUT2D eigenvalue weighted by molar-refractivity contribution is 5.95. The van der Waals surface area contributed by atoms with Crippen LogP contribution in [0.1, 0.15) is 34.6 Å². The van der Waals surface area contributed by atoms with E-state index in [0.717, 1.165) is 24.1 Å². The van der Waals surface area contributed by atoms with E-state index in [-0.39, 0.29) is 12.0 Å². The number of aryl methyl sites for hydroxylation is 1. The molecule has 0 bridgehead atoms. The Balaban J connectivity index is 1.42. The summed E-state index contributed by atoms with van der Waals surface area (Å²) in [6.45, 7) is 3.57. The molecule has 0 N–H and O–H groups in total. The minimum atomic E-state index is -0.0497. The molecule has 3 aromatic rings. The maximum absolute atomic E-state index is 13.1. The lowest BCUT2D eigenvalue weighted by Crippen LogP contribution is -2.43. The van der Waals surface area contributed by atoms with Crippen LogP contribution >= 0.6 is 0 Å². The number of aromatic nitrogens is 4. The third-order valence-electron chi connectivity index (χ3n) is 4.99. The van der Waals surface area contributed by atoms with Crippen LogP contribution in [0.3, 0.4) is 0 Å². The zero-order chi connectivity index (χ0) is 20.1. The maximum atomic E-state index is 13.1. The molecule has 1 aliphatic rings. The van der Waals surface area contributed by atoms with Crippen molar-refractivity contribution in [2.75, 3.05) is 13.1 Å².